The van der Waals surface area contributed by atoms with Crippen LogP contribution in [0.1, 0.15) is 19.4 Å². The summed E-state index contributed by atoms with van der Waals surface area (Å²) in [7, 11) is 0. The van der Waals surface area contributed by atoms with Gasteiger partial charge in [0.2, 0.25) is 0 Å². The second-order valence-electron chi connectivity index (χ2n) is 6.16. The normalized spacial score (nSPS) is 12.3. The van der Waals surface area contributed by atoms with E-state index in [0.29, 0.717) is 31.2 Å². The quantitative estimate of drug-likeness (QED) is 0.382. The van der Waals surface area contributed by atoms with Gasteiger partial charge in [-0.05, 0) is 75.5 Å². The third kappa shape index (κ3) is 4.71. The molecule has 8 nitrogen and oxygen atoms in total. The molecule has 0 unspecified atom stereocenters. The van der Waals surface area contributed by atoms with E-state index in [9.17, 15) is 14.4 Å². The molecule has 10 heteroatoms. The van der Waals surface area contributed by atoms with Crippen molar-refractivity contribution in [3.63, 3.8) is 0 Å². The molecule has 1 N–H and O–H groups in total. The smallest absolute Gasteiger partial charge is 0.349 e. The van der Waals surface area contributed by atoms with Gasteiger partial charge in [-0.25, -0.2) is 9.59 Å². The minimum atomic E-state index is -0.799. The number of fused-ring (bicyclic) bond motifs is 1. The molecule has 0 amide bonds. The number of benzene rings is 2. The van der Waals surface area contributed by atoms with Crippen molar-refractivity contribution in [2.24, 2.45) is 5.10 Å². The topological polar surface area (TPSA) is 103 Å². The van der Waals surface area contributed by atoms with E-state index in [2.05, 4.69) is 41.9 Å². The van der Waals surface area contributed by atoms with Gasteiger partial charge in [-0.2, -0.15) is 5.10 Å². The Hall–Kier alpha value is -2.72. The molecule has 0 spiro atoms. The fourth-order valence-electron chi connectivity index (χ4n) is 2.63. The van der Waals surface area contributed by atoms with E-state index in [4.69, 9.17) is 9.47 Å². The van der Waals surface area contributed by atoms with Gasteiger partial charge in [-0.1, -0.05) is 12.1 Å². The lowest BCUT2D eigenvalue weighted by atomic mass is 10.2. The highest BCUT2D eigenvalue weighted by Crippen LogP contribution is 2.35. The Labute approximate surface area is 187 Å². The van der Waals surface area contributed by atoms with Gasteiger partial charge in [0.1, 0.15) is 5.75 Å². The van der Waals surface area contributed by atoms with Gasteiger partial charge in [0.25, 0.3) is 5.56 Å². The Morgan fingerprint density at radius 1 is 1.23 bits per heavy atom. The molecular weight excluding hydrogens is 522 g/mol. The van der Waals surface area contributed by atoms with Gasteiger partial charge in [0.15, 0.2) is 6.10 Å². The maximum Gasteiger partial charge on any atom is 0.349 e. The standard InChI is InChI=1S/C20H17Br2N3O5/c1-3-29-19(27)11(2)30-17-14(21)8-12(9-15(17)22)10-23-25-18(26)13-6-4-5-7-16(13)24-20(25)28/h4-11H,3H2,1-2H3,(H,24,28)/t11-/m1/s1. The van der Waals surface area contributed by atoms with Crippen LogP contribution in [0, 0.1) is 0 Å². The lowest BCUT2D eigenvalue weighted by Crippen LogP contribution is -2.32. The van der Waals surface area contributed by atoms with E-state index >= 15 is 0 Å². The van der Waals surface area contributed by atoms with Crippen LogP contribution in [0.5, 0.6) is 5.75 Å². The molecule has 0 saturated heterocycles. The first kappa shape index (κ1) is 22.0. The highest BCUT2D eigenvalue weighted by molar-refractivity contribution is 9.11. The van der Waals surface area contributed by atoms with Crippen molar-refractivity contribution in [2.75, 3.05) is 6.61 Å². The monoisotopic (exact) mass is 537 g/mol. The number of halogens is 2. The third-order valence-corrected chi connectivity index (χ3v) is 5.22. The summed E-state index contributed by atoms with van der Waals surface area (Å²) in [5.74, 6) is -0.0646. The van der Waals surface area contributed by atoms with Gasteiger partial charge >= 0.3 is 11.7 Å². The summed E-state index contributed by atoms with van der Waals surface area (Å²) >= 11 is 6.79. The van der Waals surface area contributed by atoms with Crippen molar-refractivity contribution in [3.8, 4) is 5.75 Å². The Morgan fingerprint density at radius 3 is 2.57 bits per heavy atom. The Bertz CT molecular complexity index is 1230. The number of para-hydroxylation sites is 1. The van der Waals surface area contributed by atoms with E-state index in [1.807, 2.05) is 0 Å². The number of carbonyl (C=O) groups is 1. The fraction of sp³-hybridized carbons (Fsp3) is 0.200. The molecule has 1 atom stereocenters. The number of esters is 1. The minimum Gasteiger partial charge on any atom is -0.477 e. The summed E-state index contributed by atoms with van der Waals surface area (Å²) in [6.07, 6.45) is 0.575. The van der Waals surface area contributed by atoms with Gasteiger partial charge in [0.05, 0.1) is 32.7 Å². The molecule has 1 heterocycles. The summed E-state index contributed by atoms with van der Waals surface area (Å²) in [5.41, 5.74) is -0.130. The van der Waals surface area contributed by atoms with E-state index in [1.165, 1.54) is 6.21 Å². The molecule has 0 aliphatic rings. The van der Waals surface area contributed by atoms with Crippen LogP contribution < -0.4 is 16.0 Å². The van der Waals surface area contributed by atoms with Crippen LogP contribution >= 0.6 is 31.9 Å². The van der Waals surface area contributed by atoms with Crippen LogP contribution in [-0.2, 0) is 9.53 Å². The molecule has 0 saturated carbocycles. The van der Waals surface area contributed by atoms with Gasteiger partial charge < -0.3 is 14.5 Å². The average molecular weight is 539 g/mol. The van der Waals surface area contributed by atoms with Crippen LogP contribution in [0.25, 0.3) is 10.9 Å². The van der Waals surface area contributed by atoms with Crippen molar-refractivity contribution in [1.82, 2.24) is 9.66 Å². The first-order valence-electron chi connectivity index (χ1n) is 8.92. The molecule has 2 aromatic carbocycles. The first-order chi connectivity index (χ1) is 14.3. The minimum absolute atomic E-state index is 0.261. The maximum absolute atomic E-state index is 12.5. The number of ether oxygens (including phenoxy) is 2. The maximum atomic E-state index is 12.5. The van der Waals surface area contributed by atoms with Crippen molar-refractivity contribution in [1.29, 1.82) is 0 Å². The highest BCUT2D eigenvalue weighted by Gasteiger charge is 2.19. The van der Waals surface area contributed by atoms with Gasteiger partial charge in [0, 0.05) is 0 Å². The lowest BCUT2D eigenvalue weighted by molar-refractivity contribution is -0.150. The number of rotatable bonds is 6. The zero-order chi connectivity index (χ0) is 21.8. The van der Waals surface area contributed by atoms with Crippen LogP contribution in [0.3, 0.4) is 0 Å². The predicted octanol–water partition coefficient (Wildman–Crippen LogP) is 3.43. The number of aromatic amines is 1. The van der Waals surface area contributed by atoms with Crippen molar-refractivity contribution >= 4 is 54.9 Å². The van der Waals surface area contributed by atoms with Crippen molar-refractivity contribution in [3.05, 3.63) is 71.7 Å². The molecule has 0 fully saturated rings. The summed E-state index contributed by atoms with van der Waals surface area (Å²) < 4.78 is 12.5. The average Bonchev–Trinajstić information content (AvgIpc) is 2.70. The molecule has 30 heavy (non-hydrogen) atoms. The Morgan fingerprint density at radius 2 is 1.90 bits per heavy atom. The molecule has 0 bridgehead atoms. The highest BCUT2D eigenvalue weighted by atomic mass is 79.9. The summed E-state index contributed by atoms with van der Waals surface area (Å²) in [5, 5.41) is 4.38. The van der Waals surface area contributed by atoms with Gasteiger partial charge in [-0.3, -0.25) is 4.79 Å². The molecule has 3 aromatic rings. The zero-order valence-electron chi connectivity index (χ0n) is 16.0. The molecule has 1 aromatic heterocycles. The SMILES string of the molecule is CCOC(=O)[C@@H](C)Oc1c(Br)cc(C=Nn2c(=O)[nH]c3ccccc3c2=O)cc1Br. The first-order valence-corrected chi connectivity index (χ1v) is 10.5. The number of hydrogen-bond acceptors (Lipinski definition) is 6. The van der Waals surface area contributed by atoms with Gasteiger partial charge in [-0.15, -0.1) is 4.68 Å². The number of hydrogen-bond donors (Lipinski definition) is 1. The van der Waals surface area contributed by atoms with E-state index in [0.717, 1.165) is 4.68 Å². The third-order valence-electron chi connectivity index (χ3n) is 4.04. The summed E-state index contributed by atoms with van der Waals surface area (Å²) in [4.78, 5) is 39.2. The fourth-order valence-corrected chi connectivity index (χ4v) is 4.04. The van der Waals surface area contributed by atoms with E-state index in [-0.39, 0.29) is 6.61 Å². The van der Waals surface area contributed by atoms with Crippen LogP contribution in [0.4, 0.5) is 0 Å². The molecule has 0 aliphatic carbocycles. The van der Waals surface area contributed by atoms with Crippen LogP contribution in [-0.4, -0.2) is 34.6 Å². The number of carbonyl (C=O) groups excluding carboxylic acids is 1. The second-order valence-corrected chi connectivity index (χ2v) is 7.87. The van der Waals surface area contributed by atoms with Crippen molar-refractivity contribution in [2.45, 2.75) is 20.0 Å². The summed E-state index contributed by atoms with van der Waals surface area (Å²) in [6, 6.07) is 10.1. The number of nitrogens with zero attached hydrogens (tertiary/aromatic N) is 2. The van der Waals surface area contributed by atoms with Crippen LogP contribution in [0.2, 0.25) is 0 Å². The summed E-state index contributed by atoms with van der Waals surface area (Å²) in [6.45, 7) is 3.57. The molecule has 156 valence electrons. The van der Waals surface area contributed by atoms with E-state index < -0.39 is 23.3 Å². The lowest BCUT2D eigenvalue weighted by Gasteiger charge is -2.16. The van der Waals surface area contributed by atoms with Crippen molar-refractivity contribution < 1.29 is 14.3 Å². The zero-order valence-corrected chi connectivity index (χ0v) is 19.2. The number of H-pyrrole nitrogens is 1. The predicted molar refractivity (Wildman–Crippen MR) is 120 cm³/mol. The van der Waals surface area contributed by atoms with Crippen LogP contribution in [0.15, 0.2) is 60.0 Å². The van der Waals surface area contributed by atoms with E-state index in [1.54, 1.807) is 50.2 Å². The Kier molecular flexibility index (Phi) is 6.88. The molecular formula is C20H17Br2N3O5. The second kappa shape index (κ2) is 9.40. The number of aromatic nitrogens is 2. The molecule has 0 radical (unpaired) electrons. The Balaban J connectivity index is 1.91. The number of nitrogens with one attached hydrogen (secondary N) is 1. The molecule has 0 aliphatic heterocycles. The largest absolute Gasteiger partial charge is 0.477 e. The molecule has 3 rings (SSSR count).